The molecule has 1 aromatic rings. The van der Waals surface area contributed by atoms with Crippen molar-refractivity contribution in [2.24, 2.45) is 11.7 Å². The number of benzene rings is 1. The predicted octanol–water partition coefficient (Wildman–Crippen LogP) is 3.91. The van der Waals surface area contributed by atoms with Gasteiger partial charge in [-0.25, -0.2) is 0 Å². The fourth-order valence-electron chi connectivity index (χ4n) is 1.72. The Bertz CT molecular complexity index is 382. The second-order valence-corrected chi connectivity index (χ2v) is 6.49. The first-order chi connectivity index (χ1) is 8.40. The molecule has 2 nitrogen and oxygen atoms in total. The van der Waals surface area contributed by atoms with Crippen molar-refractivity contribution >= 4 is 27.5 Å². The largest absolute Gasteiger partial charge is 0.327 e. The van der Waals surface area contributed by atoms with Gasteiger partial charge in [-0.15, -0.1) is 0 Å². The zero-order chi connectivity index (χ0) is 13.7. The smallest absolute Gasteiger partial charge is 0.0462 e. The lowest BCUT2D eigenvalue weighted by Crippen LogP contribution is -2.31. The molecule has 0 saturated carbocycles. The number of nitrogens with zero attached hydrogens (tertiary/aromatic N) is 1. The van der Waals surface area contributed by atoms with Crippen LogP contribution < -0.4 is 5.73 Å². The van der Waals surface area contributed by atoms with E-state index in [0.29, 0.717) is 5.92 Å². The fraction of sp³-hybridized carbons (Fsp3) is 0.571. The molecule has 102 valence electrons. The maximum Gasteiger partial charge on any atom is 0.0462 e. The maximum absolute atomic E-state index is 6.21. The summed E-state index contributed by atoms with van der Waals surface area (Å²) in [6.45, 7) is 6.18. The molecule has 0 aliphatic heterocycles. The Balaban J connectivity index is 2.47. The Kier molecular flexibility index (Phi) is 6.64. The van der Waals surface area contributed by atoms with Gasteiger partial charge in [-0.05, 0) is 43.6 Å². The van der Waals surface area contributed by atoms with Gasteiger partial charge in [-0.3, -0.25) is 0 Å². The van der Waals surface area contributed by atoms with Crippen LogP contribution in [0.4, 0.5) is 0 Å². The summed E-state index contributed by atoms with van der Waals surface area (Å²) in [6, 6.07) is 6.29. The summed E-state index contributed by atoms with van der Waals surface area (Å²) >= 11 is 9.62. The number of nitrogens with two attached hydrogens (primary N) is 1. The summed E-state index contributed by atoms with van der Waals surface area (Å²) in [7, 11) is 2.10. The zero-order valence-corrected chi connectivity index (χ0v) is 13.6. The Morgan fingerprint density at radius 3 is 2.61 bits per heavy atom. The maximum atomic E-state index is 6.21. The number of hydrogen-bond acceptors (Lipinski definition) is 2. The van der Waals surface area contributed by atoms with Crippen LogP contribution in [-0.4, -0.2) is 24.5 Å². The molecule has 4 heteroatoms. The number of halogens is 2. The van der Waals surface area contributed by atoms with Crippen LogP contribution in [0.3, 0.4) is 0 Å². The molecule has 1 atom stereocenters. The van der Waals surface area contributed by atoms with Crippen molar-refractivity contribution in [1.82, 2.24) is 4.90 Å². The van der Waals surface area contributed by atoms with Gasteiger partial charge in [0.15, 0.2) is 0 Å². The summed E-state index contributed by atoms with van der Waals surface area (Å²) in [6.07, 6.45) is 1.02. The molecule has 0 saturated heterocycles. The molecule has 0 bridgehead atoms. The van der Waals surface area contributed by atoms with Gasteiger partial charge in [0.05, 0.1) is 0 Å². The van der Waals surface area contributed by atoms with Crippen molar-refractivity contribution in [2.75, 3.05) is 13.6 Å². The van der Waals surface area contributed by atoms with Gasteiger partial charge in [0.25, 0.3) is 0 Å². The van der Waals surface area contributed by atoms with Crippen LogP contribution in [0.2, 0.25) is 5.02 Å². The first-order valence-corrected chi connectivity index (χ1v) is 7.45. The van der Waals surface area contributed by atoms with Gasteiger partial charge < -0.3 is 10.6 Å². The van der Waals surface area contributed by atoms with Crippen molar-refractivity contribution in [2.45, 2.75) is 32.9 Å². The Morgan fingerprint density at radius 2 is 2.06 bits per heavy atom. The monoisotopic (exact) mass is 332 g/mol. The van der Waals surface area contributed by atoms with E-state index in [9.17, 15) is 0 Å². The molecule has 0 aromatic heterocycles. The van der Waals surface area contributed by atoms with Gasteiger partial charge >= 0.3 is 0 Å². The Hall–Kier alpha value is -0.0900. The third-order valence-corrected chi connectivity index (χ3v) is 4.00. The van der Waals surface area contributed by atoms with Crippen LogP contribution in [0.5, 0.6) is 0 Å². The first-order valence-electron chi connectivity index (χ1n) is 6.28. The normalized spacial score (nSPS) is 13.3. The van der Waals surface area contributed by atoms with E-state index in [4.69, 9.17) is 17.3 Å². The van der Waals surface area contributed by atoms with Crippen molar-refractivity contribution in [3.8, 4) is 0 Å². The summed E-state index contributed by atoms with van der Waals surface area (Å²) in [5, 5.41) is 0.810. The molecule has 1 rings (SSSR count). The molecule has 2 N–H and O–H groups in total. The minimum Gasteiger partial charge on any atom is -0.327 e. The third-order valence-electron chi connectivity index (χ3n) is 3.16. The van der Waals surface area contributed by atoms with Crippen LogP contribution in [0.1, 0.15) is 25.8 Å². The van der Waals surface area contributed by atoms with Crippen LogP contribution in [0.15, 0.2) is 22.7 Å². The molecule has 0 aliphatic carbocycles. The van der Waals surface area contributed by atoms with Crippen LogP contribution in [0.25, 0.3) is 0 Å². The van der Waals surface area contributed by atoms with Crippen molar-refractivity contribution in [1.29, 1.82) is 0 Å². The highest BCUT2D eigenvalue weighted by molar-refractivity contribution is 9.10. The van der Waals surface area contributed by atoms with Gasteiger partial charge in [0, 0.05) is 22.1 Å². The van der Waals surface area contributed by atoms with E-state index in [0.717, 1.165) is 34.6 Å². The second-order valence-electron chi connectivity index (χ2n) is 5.17. The van der Waals surface area contributed by atoms with Gasteiger partial charge in [-0.2, -0.15) is 0 Å². The standard InChI is InChI=1S/C14H22BrClN2/c1-10(2)14(17)6-7-18(3)9-11-4-5-12(15)8-13(11)16/h4-5,8,10,14H,6-7,9,17H2,1-3H3. The van der Waals surface area contributed by atoms with Gasteiger partial charge in [-0.1, -0.05) is 47.4 Å². The molecule has 1 aromatic carbocycles. The number of hydrogen-bond donors (Lipinski definition) is 1. The molecule has 0 heterocycles. The van der Waals surface area contributed by atoms with E-state index in [1.807, 2.05) is 12.1 Å². The summed E-state index contributed by atoms with van der Waals surface area (Å²) in [5.74, 6) is 0.537. The number of rotatable bonds is 6. The van der Waals surface area contributed by atoms with E-state index in [-0.39, 0.29) is 6.04 Å². The molecule has 0 amide bonds. The fourth-order valence-corrected chi connectivity index (χ4v) is 2.46. The molecular formula is C14H22BrClN2. The molecular weight excluding hydrogens is 312 g/mol. The third kappa shape index (κ3) is 5.27. The summed E-state index contributed by atoms with van der Waals surface area (Å²) in [5.41, 5.74) is 7.20. The Labute approximate surface area is 124 Å². The van der Waals surface area contributed by atoms with Crippen molar-refractivity contribution in [3.63, 3.8) is 0 Å². The van der Waals surface area contributed by atoms with E-state index in [2.05, 4.69) is 47.8 Å². The van der Waals surface area contributed by atoms with Crippen molar-refractivity contribution in [3.05, 3.63) is 33.3 Å². The van der Waals surface area contributed by atoms with E-state index < -0.39 is 0 Å². The van der Waals surface area contributed by atoms with Gasteiger partial charge in [0.1, 0.15) is 0 Å². The molecule has 0 spiro atoms. The minimum absolute atomic E-state index is 0.271. The lowest BCUT2D eigenvalue weighted by atomic mass is 10.0. The summed E-state index contributed by atoms with van der Waals surface area (Å²) in [4.78, 5) is 2.26. The molecule has 0 fully saturated rings. The Morgan fingerprint density at radius 1 is 1.39 bits per heavy atom. The van der Waals surface area contributed by atoms with Crippen LogP contribution in [-0.2, 0) is 6.54 Å². The molecule has 18 heavy (non-hydrogen) atoms. The lowest BCUT2D eigenvalue weighted by molar-refractivity contribution is 0.296. The van der Waals surface area contributed by atoms with Gasteiger partial charge in [0.2, 0.25) is 0 Å². The predicted molar refractivity (Wildman–Crippen MR) is 82.9 cm³/mol. The average molecular weight is 334 g/mol. The zero-order valence-electron chi connectivity index (χ0n) is 11.3. The molecule has 1 unspecified atom stereocenters. The van der Waals surface area contributed by atoms with Crippen LogP contribution >= 0.6 is 27.5 Å². The highest BCUT2D eigenvalue weighted by atomic mass is 79.9. The van der Waals surface area contributed by atoms with E-state index in [1.165, 1.54) is 0 Å². The highest BCUT2D eigenvalue weighted by Crippen LogP contribution is 2.22. The topological polar surface area (TPSA) is 29.3 Å². The first kappa shape index (κ1) is 16.0. The van der Waals surface area contributed by atoms with E-state index >= 15 is 0 Å². The lowest BCUT2D eigenvalue weighted by Gasteiger charge is -2.21. The molecule has 0 radical (unpaired) electrons. The SMILES string of the molecule is CC(C)C(N)CCN(C)Cc1ccc(Br)cc1Cl. The average Bonchev–Trinajstić information content (AvgIpc) is 2.29. The summed E-state index contributed by atoms with van der Waals surface area (Å²) < 4.78 is 1.01. The second kappa shape index (κ2) is 7.49. The minimum atomic E-state index is 0.271. The molecule has 0 aliphatic rings. The van der Waals surface area contributed by atoms with Crippen molar-refractivity contribution < 1.29 is 0 Å². The van der Waals surface area contributed by atoms with Crippen LogP contribution in [0, 0.1) is 5.92 Å². The van der Waals surface area contributed by atoms with E-state index in [1.54, 1.807) is 0 Å². The highest BCUT2D eigenvalue weighted by Gasteiger charge is 2.10. The quantitative estimate of drug-likeness (QED) is 0.855.